The molecule has 17 nitrogen and oxygen atoms in total. The van der Waals surface area contributed by atoms with Crippen LogP contribution in [0.4, 0.5) is 0 Å². The minimum absolute atomic E-state index is 0. The van der Waals surface area contributed by atoms with Crippen molar-refractivity contribution in [1.29, 1.82) is 5.26 Å². The molecule has 0 aromatic heterocycles. The van der Waals surface area contributed by atoms with E-state index < -0.39 is 29.9 Å². The Balaban J connectivity index is 0.000000150. The summed E-state index contributed by atoms with van der Waals surface area (Å²) in [5, 5.41) is 15.9. The molecule has 9 amide bonds. The molecule has 3 fully saturated rings. The fourth-order valence-electron chi connectivity index (χ4n) is 8.08. The lowest BCUT2D eigenvalue weighted by Crippen LogP contribution is -2.52. The van der Waals surface area contributed by atoms with Gasteiger partial charge in [-0.3, -0.25) is 59.1 Å². The van der Waals surface area contributed by atoms with Crippen LogP contribution in [0.3, 0.4) is 0 Å². The van der Waals surface area contributed by atoms with Crippen LogP contribution in [0.15, 0.2) is 59.1 Å². The van der Waals surface area contributed by atoms with E-state index in [0.29, 0.717) is 66.7 Å². The second-order valence-electron chi connectivity index (χ2n) is 14.6. The Hall–Kier alpha value is -6.58. The number of piperidine rings is 3. The number of amides is 9. The number of nitrogens with one attached hydrogen (secondary N) is 3. The lowest BCUT2D eigenvalue weighted by molar-refractivity contribution is -0.138. The number of nitrogens with two attached hydrogens (primary N) is 1. The smallest absolute Gasteiger partial charge is 0.255 e. The molecule has 0 radical (unpaired) electrons. The molecule has 0 saturated carbocycles. The molecule has 3 aromatic rings. The van der Waals surface area contributed by atoms with Crippen molar-refractivity contribution in [1.82, 2.24) is 30.7 Å². The van der Waals surface area contributed by atoms with E-state index in [2.05, 4.69) is 37.9 Å². The van der Waals surface area contributed by atoms with Crippen LogP contribution in [0.1, 0.15) is 98.8 Å². The van der Waals surface area contributed by atoms with Crippen molar-refractivity contribution in [3.05, 3.63) is 104 Å². The molecule has 3 atom stereocenters. The van der Waals surface area contributed by atoms with Gasteiger partial charge in [0.2, 0.25) is 35.4 Å². The molecular weight excluding hydrogens is 828 g/mol. The predicted octanol–water partition coefficient (Wildman–Crippen LogP) is 1.68. The molecule has 304 valence electrons. The van der Waals surface area contributed by atoms with Gasteiger partial charge < -0.3 is 20.4 Å². The Kier molecular flexibility index (Phi) is 11.5. The Morgan fingerprint density at radius 3 is 1.41 bits per heavy atom. The summed E-state index contributed by atoms with van der Waals surface area (Å²) < 4.78 is 0.869. The first-order valence-corrected chi connectivity index (χ1v) is 19.6. The maximum Gasteiger partial charge on any atom is 0.255 e. The maximum atomic E-state index is 12.4. The van der Waals surface area contributed by atoms with Crippen LogP contribution in [0.2, 0.25) is 0 Å². The van der Waals surface area contributed by atoms with E-state index in [4.69, 9.17) is 11.0 Å². The molecule has 0 bridgehead atoms. The fraction of sp³-hybridized carbons (Fsp3) is 0.317. The van der Waals surface area contributed by atoms with Crippen LogP contribution in [0.25, 0.3) is 0 Å². The van der Waals surface area contributed by atoms with E-state index in [1.165, 1.54) is 14.7 Å². The van der Waals surface area contributed by atoms with Crippen molar-refractivity contribution in [3.8, 4) is 6.07 Å². The van der Waals surface area contributed by atoms with Crippen molar-refractivity contribution in [2.45, 2.75) is 82.8 Å². The third-order valence-electron chi connectivity index (χ3n) is 11.1. The number of benzene rings is 3. The minimum Gasteiger partial charge on any atom is -0.326 e. The van der Waals surface area contributed by atoms with Crippen LogP contribution in [-0.4, -0.2) is 86.0 Å². The fourth-order valence-corrected chi connectivity index (χ4v) is 8.57. The SMILES string of the molecule is N#Cc1cccc2c1CN(C1CCC(=O)NC1=O)C2=O.NCc1cccc2c1CN(C1CCC(=O)NC1=O)C2=O.O=C1CCC(N2Cc3c(Br)cccc3C2=O)C(=O)N1.[HH]. The van der Waals surface area contributed by atoms with Gasteiger partial charge in [0.1, 0.15) is 18.1 Å². The van der Waals surface area contributed by atoms with E-state index >= 15 is 0 Å². The maximum absolute atomic E-state index is 12.4. The molecule has 0 spiro atoms. The summed E-state index contributed by atoms with van der Waals surface area (Å²) >= 11 is 3.42. The summed E-state index contributed by atoms with van der Waals surface area (Å²) in [4.78, 5) is 111. The van der Waals surface area contributed by atoms with Crippen LogP contribution in [-0.2, 0) is 54.9 Å². The number of carbonyl (C=O) groups excluding carboxylic acids is 9. The third kappa shape index (κ3) is 7.86. The van der Waals surface area contributed by atoms with Crippen LogP contribution in [0.5, 0.6) is 0 Å². The van der Waals surface area contributed by atoms with Gasteiger partial charge in [-0.25, -0.2) is 0 Å². The van der Waals surface area contributed by atoms with Crippen LogP contribution in [0, 0.1) is 11.3 Å². The van der Waals surface area contributed by atoms with Gasteiger partial charge in [0.05, 0.1) is 11.6 Å². The van der Waals surface area contributed by atoms with Crippen molar-refractivity contribution in [2.75, 3.05) is 0 Å². The average Bonchev–Trinajstić information content (AvgIpc) is 3.86. The Labute approximate surface area is 346 Å². The molecule has 9 rings (SSSR count). The van der Waals surface area contributed by atoms with Crippen molar-refractivity contribution < 1.29 is 44.6 Å². The first kappa shape index (κ1) is 40.6. The van der Waals surface area contributed by atoms with Crippen molar-refractivity contribution >= 4 is 69.1 Å². The van der Waals surface area contributed by atoms with Gasteiger partial charge in [-0.1, -0.05) is 40.2 Å². The highest BCUT2D eigenvalue weighted by molar-refractivity contribution is 9.10. The van der Waals surface area contributed by atoms with Crippen molar-refractivity contribution in [2.24, 2.45) is 5.73 Å². The van der Waals surface area contributed by atoms with E-state index in [0.717, 1.165) is 21.2 Å². The second kappa shape index (κ2) is 16.7. The normalized spacial score (nSPS) is 21.9. The Bertz CT molecular complexity index is 2420. The number of nitrogens with zero attached hydrogens (tertiary/aromatic N) is 4. The van der Waals surface area contributed by atoms with Crippen molar-refractivity contribution in [3.63, 3.8) is 0 Å². The van der Waals surface area contributed by atoms with Crippen LogP contribution < -0.4 is 21.7 Å². The number of carbonyl (C=O) groups is 9. The molecule has 0 aliphatic carbocycles. The summed E-state index contributed by atoms with van der Waals surface area (Å²) in [5.74, 6) is -2.65. The van der Waals surface area contributed by atoms with Gasteiger partial charge in [-0.2, -0.15) is 5.26 Å². The zero-order valence-corrected chi connectivity index (χ0v) is 33.0. The highest BCUT2D eigenvalue weighted by Gasteiger charge is 2.42. The van der Waals surface area contributed by atoms with Gasteiger partial charge in [-0.05, 0) is 66.3 Å². The number of halogens is 1. The van der Waals surface area contributed by atoms with Gasteiger partial charge in [0.15, 0.2) is 0 Å². The molecule has 3 unspecified atom stereocenters. The summed E-state index contributed by atoms with van der Waals surface area (Å²) in [6, 6.07) is 16.1. The summed E-state index contributed by atoms with van der Waals surface area (Å²) in [6.07, 6.45) is 1.86. The Morgan fingerprint density at radius 2 is 0.983 bits per heavy atom. The molecule has 3 aromatic carbocycles. The lowest BCUT2D eigenvalue weighted by Gasteiger charge is -2.29. The van der Waals surface area contributed by atoms with Gasteiger partial charge in [0, 0.05) is 73.6 Å². The number of hydrogen-bond donors (Lipinski definition) is 4. The number of nitriles is 1. The quantitative estimate of drug-likeness (QED) is 0.275. The zero-order chi connectivity index (χ0) is 42.1. The third-order valence-corrected chi connectivity index (χ3v) is 11.9. The second-order valence-corrected chi connectivity index (χ2v) is 15.4. The molecule has 6 aliphatic rings. The largest absolute Gasteiger partial charge is 0.326 e. The monoisotopic (exact) mass is 866 g/mol. The number of hydrogen-bond acceptors (Lipinski definition) is 11. The summed E-state index contributed by atoms with van der Waals surface area (Å²) in [6.45, 7) is 1.39. The van der Waals surface area contributed by atoms with Gasteiger partial charge in [0.25, 0.3) is 17.7 Å². The Morgan fingerprint density at radius 1 is 0.593 bits per heavy atom. The molecule has 3 saturated heterocycles. The number of imide groups is 3. The first-order chi connectivity index (χ1) is 28.3. The molecule has 59 heavy (non-hydrogen) atoms. The number of rotatable bonds is 4. The highest BCUT2D eigenvalue weighted by Crippen LogP contribution is 2.33. The summed E-state index contributed by atoms with van der Waals surface area (Å²) in [5.41, 5.74) is 11.2. The lowest BCUT2D eigenvalue weighted by atomic mass is 10.0. The van der Waals surface area contributed by atoms with E-state index in [1.54, 1.807) is 42.5 Å². The van der Waals surface area contributed by atoms with E-state index in [1.807, 2.05) is 12.1 Å². The van der Waals surface area contributed by atoms with Crippen LogP contribution >= 0.6 is 15.9 Å². The molecule has 6 aliphatic heterocycles. The van der Waals surface area contributed by atoms with Gasteiger partial charge >= 0.3 is 0 Å². The standard InChI is InChI=1S/C14H15N3O3.C14H11N3O3.C13H11BrN2O3.H2/c2*15-6-8-2-1-3-9-10(8)7-17(14(9)20)11-4-5-12(18)16-13(11)19;14-9-3-1-2-7-8(9)6-16(13(7)19)10-4-5-11(17)15-12(10)18;/h1-3,11H,4-7,15H2,(H,16,18,19);1-3,11H,4-5,7H2,(H,16,18,19);1-3,10H,4-6H2,(H,15,17,18);1H. The molecular formula is C41H39BrN8O9. The highest BCUT2D eigenvalue weighted by atomic mass is 79.9. The number of fused-ring (bicyclic) bond motifs is 3. The van der Waals surface area contributed by atoms with E-state index in [9.17, 15) is 43.2 Å². The molecule has 18 heteroatoms. The molecule has 6 heterocycles. The average molecular weight is 868 g/mol. The predicted molar refractivity (Wildman–Crippen MR) is 210 cm³/mol. The van der Waals surface area contributed by atoms with E-state index in [-0.39, 0.29) is 68.6 Å². The molecule has 5 N–H and O–H groups in total. The summed E-state index contributed by atoms with van der Waals surface area (Å²) in [7, 11) is 0. The first-order valence-electron chi connectivity index (χ1n) is 18.8. The topological polar surface area (TPSA) is 249 Å². The minimum atomic E-state index is -0.640. The van der Waals surface area contributed by atoms with Gasteiger partial charge in [-0.15, -0.1) is 0 Å². The zero-order valence-electron chi connectivity index (χ0n) is 31.4.